The summed E-state index contributed by atoms with van der Waals surface area (Å²) in [7, 11) is 1.59. The largest absolute Gasteiger partial charge is 0.352 e. The third-order valence-corrected chi connectivity index (χ3v) is 3.34. The van der Waals surface area contributed by atoms with Crippen LogP contribution >= 0.6 is 0 Å². The number of hydrogen-bond acceptors (Lipinski definition) is 4. The van der Waals surface area contributed by atoms with Gasteiger partial charge in [-0.2, -0.15) is 4.98 Å². The Morgan fingerprint density at radius 2 is 2.14 bits per heavy atom. The standard InChI is InChI=1S/C14H21N5O2/c1-5-7-15-13-16-11-10(19(13)8-6-9(2)3)12(20)17-14(21)18(11)4/h5,9H,1,6-8H2,2-4H3,(H,15,16)(H,17,20,21). The molecule has 0 saturated carbocycles. The molecule has 0 atom stereocenters. The molecule has 7 heteroatoms. The second kappa shape index (κ2) is 5.99. The highest BCUT2D eigenvalue weighted by atomic mass is 16.2. The lowest BCUT2D eigenvalue weighted by molar-refractivity contribution is 0.524. The smallest absolute Gasteiger partial charge is 0.329 e. The maximum Gasteiger partial charge on any atom is 0.329 e. The molecule has 0 fully saturated rings. The van der Waals surface area contributed by atoms with Gasteiger partial charge in [-0.3, -0.25) is 14.3 Å². The monoisotopic (exact) mass is 291 g/mol. The molecule has 2 aromatic rings. The van der Waals surface area contributed by atoms with Crippen LogP contribution < -0.4 is 16.6 Å². The first-order chi connectivity index (χ1) is 9.95. The molecule has 0 bridgehead atoms. The molecule has 21 heavy (non-hydrogen) atoms. The highest BCUT2D eigenvalue weighted by Gasteiger charge is 2.16. The molecular weight excluding hydrogens is 270 g/mol. The van der Waals surface area contributed by atoms with Gasteiger partial charge < -0.3 is 9.88 Å². The minimum absolute atomic E-state index is 0.388. The van der Waals surface area contributed by atoms with Crippen molar-refractivity contribution in [3.05, 3.63) is 33.5 Å². The number of aromatic amines is 1. The minimum Gasteiger partial charge on any atom is -0.352 e. The number of imidazole rings is 1. The van der Waals surface area contributed by atoms with Crippen LogP contribution in [0.15, 0.2) is 22.2 Å². The average Bonchev–Trinajstić information content (AvgIpc) is 2.79. The molecule has 2 aromatic heterocycles. The Kier molecular flexibility index (Phi) is 4.30. The van der Waals surface area contributed by atoms with Crippen molar-refractivity contribution in [2.75, 3.05) is 11.9 Å². The quantitative estimate of drug-likeness (QED) is 0.780. The molecule has 0 aromatic carbocycles. The fraction of sp³-hybridized carbons (Fsp3) is 0.500. The molecule has 0 unspecified atom stereocenters. The molecule has 0 saturated heterocycles. The number of aromatic nitrogens is 4. The number of nitrogens with one attached hydrogen (secondary N) is 2. The van der Waals surface area contributed by atoms with Crippen molar-refractivity contribution in [2.24, 2.45) is 13.0 Å². The van der Waals surface area contributed by atoms with Crippen LogP contribution in [0.2, 0.25) is 0 Å². The number of H-pyrrole nitrogens is 1. The summed E-state index contributed by atoms with van der Waals surface area (Å²) < 4.78 is 3.18. The van der Waals surface area contributed by atoms with Gasteiger partial charge in [0, 0.05) is 20.1 Å². The van der Waals surface area contributed by atoms with Crippen molar-refractivity contribution in [3.63, 3.8) is 0 Å². The van der Waals surface area contributed by atoms with Gasteiger partial charge in [0.15, 0.2) is 11.2 Å². The van der Waals surface area contributed by atoms with Crippen LogP contribution in [0, 0.1) is 5.92 Å². The summed E-state index contributed by atoms with van der Waals surface area (Å²) in [5, 5.41) is 3.12. The zero-order valence-corrected chi connectivity index (χ0v) is 12.6. The predicted octanol–water partition coefficient (Wildman–Crippen LogP) is 1.07. The van der Waals surface area contributed by atoms with Crippen LogP contribution in [0.25, 0.3) is 11.2 Å². The topological polar surface area (TPSA) is 84.7 Å². The van der Waals surface area contributed by atoms with Gasteiger partial charge in [-0.1, -0.05) is 19.9 Å². The van der Waals surface area contributed by atoms with Crippen molar-refractivity contribution >= 4 is 17.1 Å². The third kappa shape index (κ3) is 2.91. The Bertz CT molecular complexity index is 766. The predicted molar refractivity (Wildman–Crippen MR) is 83.7 cm³/mol. The maximum atomic E-state index is 12.1. The molecular formula is C14H21N5O2. The molecule has 2 rings (SSSR count). The van der Waals surface area contributed by atoms with Crippen molar-refractivity contribution in [1.82, 2.24) is 19.1 Å². The van der Waals surface area contributed by atoms with E-state index in [1.54, 1.807) is 13.1 Å². The molecule has 7 nitrogen and oxygen atoms in total. The lowest BCUT2D eigenvalue weighted by atomic mass is 10.1. The lowest BCUT2D eigenvalue weighted by Gasteiger charge is -2.10. The summed E-state index contributed by atoms with van der Waals surface area (Å²) in [6, 6.07) is 0. The zero-order chi connectivity index (χ0) is 15.6. The first-order valence-electron chi connectivity index (χ1n) is 7.00. The van der Waals surface area contributed by atoms with Gasteiger partial charge in [0.2, 0.25) is 5.95 Å². The van der Waals surface area contributed by atoms with Crippen molar-refractivity contribution in [1.29, 1.82) is 0 Å². The first kappa shape index (κ1) is 15.1. The van der Waals surface area contributed by atoms with Crippen LogP contribution in [0.1, 0.15) is 20.3 Å². The Labute approximate surface area is 122 Å². The second-order valence-corrected chi connectivity index (χ2v) is 5.43. The second-order valence-electron chi connectivity index (χ2n) is 5.43. The van der Waals surface area contributed by atoms with E-state index in [1.807, 2.05) is 4.57 Å². The first-order valence-corrected chi connectivity index (χ1v) is 7.00. The van der Waals surface area contributed by atoms with E-state index in [0.29, 0.717) is 36.1 Å². The number of fused-ring (bicyclic) bond motifs is 1. The lowest BCUT2D eigenvalue weighted by Crippen LogP contribution is -2.29. The summed E-state index contributed by atoms with van der Waals surface area (Å²) in [4.78, 5) is 30.5. The van der Waals surface area contributed by atoms with E-state index in [1.165, 1.54) is 4.57 Å². The molecule has 2 N–H and O–H groups in total. The Balaban J connectivity index is 2.64. The average molecular weight is 291 g/mol. The van der Waals surface area contributed by atoms with E-state index in [2.05, 4.69) is 35.7 Å². The van der Waals surface area contributed by atoms with Gasteiger partial charge in [-0.05, 0) is 12.3 Å². The van der Waals surface area contributed by atoms with Gasteiger partial charge in [-0.25, -0.2) is 4.79 Å². The third-order valence-electron chi connectivity index (χ3n) is 3.34. The normalized spacial score (nSPS) is 11.2. The summed E-state index contributed by atoms with van der Waals surface area (Å²) in [5.41, 5.74) is -0.0596. The molecule has 0 aliphatic carbocycles. The summed E-state index contributed by atoms with van der Waals surface area (Å²) in [5.74, 6) is 1.08. The van der Waals surface area contributed by atoms with E-state index in [0.717, 1.165) is 6.42 Å². The molecule has 114 valence electrons. The van der Waals surface area contributed by atoms with Crippen molar-refractivity contribution < 1.29 is 0 Å². The van der Waals surface area contributed by atoms with E-state index >= 15 is 0 Å². The molecule has 0 aliphatic rings. The number of rotatable bonds is 6. The van der Waals surface area contributed by atoms with Gasteiger partial charge in [0.25, 0.3) is 5.56 Å². The van der Waals surface area contributed by atoms with Gasteiger partial charge in [0.1, 0.15) is 0 Å². The number of anilines is 1. The van der Waals surface area contributed by atoms with Crippen LogP contribution in [0.4, 0.5) is 5.95 Å². The van der Waals surface area contributed by atoms with E-state index < -0.39 is 11.2 Å². The van der Waals surface area contributed by atoms with E-state index in [-0.39, 0.29) is 0 Å². The fourth-order valence-corrected chi connectivity index (χ4v) is 2.14. The molecule has 0 spiro atoms. The summed E-state index contributed by atoms with van der Waals surface area (Å²) in [6.07, 6.45) is 2.63. The van der Waals surface area contributed by atoms with Crippen LogP contribution in [0.3, 0.4) is 0 Å². The number of nitrogens with zero attached hydrogens (tertiary/aromatic N) is 3. The van der Waals surface area contributed by atoms with E-state index in [4.69, 9.17) is 0 Å². The van der Waals surface area contributed by atoms with Gasteiger partial charge in [0.05, 0.1) is 0 Å². The maximum absolute atomic E-state index is 12.1. The molecule has 0 aliphatic heterocycles. The number of aryl methyl sites for hydroxylation is 2. The Morgan fingerprint density at radius 3 is 2.76 bits per heavy atom. The Morgan fingerprint density at radius 1 is 1.43 bits per heavy atom. The van der Waals surface area contributed by atoms with Gasteiger partial charge in [-0.15, -0.1) is 6.58 Å². The van der Waals surface area contributed by atoms with Crippen molar-refractivity contribution in [3.8, 4) is 0 Å². The Hall–Kier alpha value is -2.31. The van der Waals surface area contributed by atoms with Crippen molar-refractivity contribution in [2.45, 2.75) is 26.8 Å². The summed E-state index contributed by atoms with van der Waals surface area (Å²) >= 11 is 0. The molecule has 2 heterocycles. The van der Waals surface area contributed by atoms with E-state index in [9.17, 15) is 9.59 Å². The number of hydrogen-bond donors (Lipinski definition) is 2. The molecule has 0 radical (unpaired) electrons. The summed E-state index contributed by atoms with van der Waals surface area (Å²) in [6.45, 7) is 9.10. The van der Waals surface area contributed by atoms with Crippen LogP contribution in [-0.4, -0.2) is 25.6 Å². The zero-order valence-electron chi connectivity index (χ0n) is 12.6. The molecule has 0 amide bonds. The highest BCUT2D eigenvalue weighted by molar-refractivity contribution is 5.74. The minimum atomic E-state index is -0.462. The van der Waals surface area contributed by atoms with Crippen LogP contribution in [-0.2, 0) is 13.6 Å². The fourth-order valence-electron chi connectivity index (χ4n) is 2.14. The highest BCUT2D eigenvalue weighted by Crippen LogP contribution is 2.17. The van der Waals surface area contributed by atoms with Gasteiger partial charge >= 0.3 is 5.69 Å². The van der Waals surface area contributed by atoms with Crippen LogP contribution in [0.5, 0.6) is 0 Å². The SMILES string of the molecule is C=CCNc1nc2c(c(=O)[nH]c(=O)n2C)n1CCC(C)C.